The molecule has 1 aliphatic heterocycles. The Morgan fingerprint density at radius 2 is 1.68 bits per heavy atom. The van der Waals surface area contributed by atoms with Gasteiger partial charge in [0, 0.05) is 31.0 Å². The Balaban J connectivity index is 1.47. The molecule has 0 saturated carbocycles. The van der Waals surface area contributed by atoms with E-state index in [1.807, 2.05) is 31.2 Å². The number of hydrogen-bond donors (Lipinski definition) is 1. The van der Waals surface area contributed by atoms with Crippen molar-refractivity contribution in [2.45, 2.75) is 6.92 Å². The topological polar surface area (TPSA) is 80.3 Å². The maximum Gasteiger partial charge on any atom is 0.260 e. The van der Waals surface area contributed by atoms with Gasteiger partial charge in [-0.1, -0.05) is 0 Å². The van der Waals surface area contributed by atoms with E-state index in [2.05, 4.69) is 10.2 Å². The Morgan fingerprint density at radius 3 is 2.29 bits per heavy atom. The van der Waals surface area contributed by atoms with Crippen LogP contribution in [0.25, 0.3) is 0 Å². The van der Waals surface area contributed by atoms with Crippen LogP contribution >= 0.6 is 0 Å². The first-order chi connectivity index (χ1) is 15.1. The summed E-state index contributed by atoms with van der Waals surface area (Å²) in [6.45, 7) is 5.23. The predicted octanol–water partition coefficient (Wildman–Crippen LogP) is 2.40. The van der Waals surface area contributed by atoms with Gasteiger partial charge in [0.25, 0.3) is 5.91 Å². The number of anilines is 2. The highest BCUT2D eigenvalue weighted by atomic mass is 16.5. The van der Waals surface area contributed by atoms with Gasteiger partial charge in [0.05, 0.1) is 26.9 Å². The Kier molecular flexibility index (Phi) is 8.12. The molecule has 2 amide bonds. The zero-order chi connectivity index (χ0) is 22.1. The molecule has 0 unspecified atom stereocenters. The minimum atomic E-state index is -0.254. The molecule has 2 aromatic rings. The maximum absolute atomic E-state index is 12.5. The first kappa shape index (κ1) is 22.4. The van der Waals surface area contributed by atoms with E-state index in [1.165, 1.54) is 4.90 Å². The Hall–Kier alpha value is -3.26. The summed E-state index contributed by atoms with van der Waals surface area (Å²) in [7, 11) is 1.59. The summed E-state index contributed by atoms with van der Waals surface area (Å²) in [6.07, 6.45) is 0. The van der Waals surface area contributed by atoms with Crippen molar-refractivity contribution in [3.05, 3.63) is 48.5 Å². The molecule has 0 spiro atoms. The highest BCUT2D eigenvalue weighted by Crippen LogP contribution is 2.19. The van der Waals surface area contributed by atoms with Crippen molar-refractivity contribution >= 4 is 23.2 Å². The van der Waals surface area contributed by atoms with E-state index in [9.17, 15) is 9.59 Å². The van der Waals surface area contributed by atoms with Gasteiger partial charge < -0.3 is 29.3 Å². The highest BCUT2D eigenvalue weighted by Gasteiger charge is 2.17. The highest BCUT2D eigenvalue weighted by molar-refractivity contribution is 5.94. The SMILES string of the molecule is CCN(CC(=O)Nc1ccc(N2CCOCC2)cc1)C(=O)COc1ccc(OC)cc1. The third-order valence-electron chi connectivity index (χ3n) is 5.02. The molecule has 0 radical (unpaired) electrons. The van der Waals surface area contributed by atoms with E-state index < -0.39 is 0 Å². The molecule has 1 fully saturated rings. The van der Waals surface area contributed by atoms with Gasteiger partial charge in [-0.2, -0.15) is 0 Å². The third-order valence-corrected chi connectivity index (χ3v) is 5.02. The standard InChI is InChI=1S/C23H29N3O5/c1-3-25(23(28)17-31-21-10-8-20(29-2)9-11-21)16-22(27)24-18-4-6-19(7-5-18)26-12-14-30-15-13-26/h4-11H,3,12-17H2,1-2H3,(H,24,27). The molecule has 3 rings (SSSR count). The fourth-order valence-corrected chi connectivity index (χ4v) is 3.24. The molecule has 2 aromatic carbocycles. The third kappa shape index (κ3) is 6.62. The van der Waals surface area contributed by atoms with Gasteiger partial charge in [-0.05, 0) is 55.5 Å². The number of carbonyl (C=O) groups is 2. The molecule has 8 nitrogen and oxygen atoms in total. The number of amides is 2. The van der Waals surface area contributed by atoms with Crippen LogP contribution in [0.4, 0.5) is 11.4 Å². The monoisotopic (exact) mass is 427 g/mol. The van der Waals surface area contributed by atoms with Crippen LogP contribution in [0.5, 0.6) is 11.5 Å². The van der Waals surface area contributed by atoms with Crippen LogP contribution < -0.4 is 19.7 Å². The Bertz CT molecular complexity index is 849. The lowest BCUT2D eigenvalue weighted by molar-refractivity contribution is -0.136. The second-order valence-corrected chi connectivity index (χ2v) is 7.07. The van der Waals surface area contributed by atoms with Crippen molar-refractivity contribution in [1.29, 1.82) is 0 Å². The van der Waals surface area contributed by atoms with E-state index in [4.69, 9.17) is 14.2 Å². The van der Waals surface area contributed by atoms with E-state index in [0.717, 1.165) is 32.0 Å². The van der Waals surface area contributed by atoms with Gasteiger partial charge in [-0.25, -0.2) is 0 Å². The number of morpholine rings is 1. The summed E-state index contributed by atoms with van der Waals surface area (Å²) in [5, 5.41) is 2.85. The average Bonchev–Trinajstić information content (AvgIpc) is 2.82. The Labute approximate surface area is 182 Å². The second-order valence-electron chi connectivity index (χ2n) is 7.07. The molecule has 0 bridgehead atoms. The van der Waals surface area contributed by atoms with E-state index >= 15 is 0 Å². The van der Waals surface area contributed by atoms with Crippen LogP contribution in [0.3, 0.4) is 0 Å². The van der Waals surface area contributed by atoms with Crippen LogP contribution in [0.2, 0.25) is 0 Å². The summed E-state index contributed by atoms with van der Waals surface area (Å²) in [5.41, 5.74) is 1.79. The zero-order valence-electron chi connectivity index (χ0n) is 18.0. The molecule has 0 atom stereocenters. The molecule has 1 N–H and O–H groups in total. The average molecular weight is 428 g/mol. The fraction of sp³-hybridized carbons (Fsp3) is 0.391. The molecule has 0 aliphatic carbocycles. The van der Waals surface area contributed by atoms with Crippen molar-refractivity contribution in [1.82, 2.24) is 4.90 Å². The summed E-state index contributed by atoms with van der Waals surface area (Å²) in [5.74, 6) is 0.772. The molecule has 1 aliphatic rings. The number of nitrogens with one attached hydrogen (secondary N) is 1. The lowest BCUT2D eigenvalue weighted by Crippen LogP contribution is -2.40. The minimum absolute atomic E-state index is 0.0352. The number of carbonyl (C=O) groups excluding carboxylic acids is 2. The van der Waals surface area contributed by atoms with Crippen LogP contribution in [-0.4, -0.2) is 69.8 Å². The summed E-state index contributed by atoms with van der Waals surface area (Å²) in [6, 6.07) is 14.7. The molecular weight excluding hydrogens is 398 g/mol. The van der Waals surface area contributed by atoms with E-state index in [1.54, 1.807) is 31.4 Å². The molecule has 1 saturated heterocycles. The minimum Gasteiger partial charge on any atom is -0.497 e. The van der Waals surface area contributed by atoms with Gasteiger partial charge in [0.15, 0.2) is 6.61 Å². The number of likely N-dealkylation sites (N-methyl/N-ethyl adjacent to an activating group) is 1. The summed E-state index contributed by atoms with van der Waals surface area (Å²) in [4.78, 5) is 28.6. The first-order valence-electron chi connectivity index (χ1n) is 10.4. The number of ether oxygens (including phenoxy) is 3. The number of nitrogens with zero attached hydrogens (tertiary/aromatic N) is 2. The van der Waals surface area contributed by atoms with Gasteiger partial charge in [-0.15, -0.1) is 0 Å². The molecule has 166 valence electrons. The quantitative estimate of drug-likeness (QED) is 0.662. The van der Waals surface area contributed by atoms with Crippen molar-refractivity contribution in [3.63, 3.8) is 0 Å². The number of rotatable bonds is 9. The van der Waals surface area contributed by atoms with Crippen molar-refractivity contribution in [2.75, 3.05) is 63.3 Å². The number of hydrogen-bond acceptors (Lipinski definition) is 6. The van der Waals surface area contributed by atoms with Crippen molar-refractivity contribution in [3.8, 4) is 11.5 Å². The van der Waals surface area contributed by atoms with Gasteiger partial charge in [-0.3, -0.25) is 9.59 Å². The normalized spacial score (nSPS) is 13.4. The van der Waals surface area contributed by atoms with Gasteiger partial charge in [0.1, 0.15) is 11.5 Å². The van der Waals surface area contributed by atoms with Crippen LogP contribution in [0.15, 0.2) is 48.5 Å². The van der Waals surface area contributed by atoms with E-state index in [-0.39, 0.29) is 25.0 Å². The summed E-state index contributed by atoms with van der Waals surface area (Å²) < 4.78 is 16.0. The van der Waals surface area contributed by atoms with Gasteiger partial charge >= 0.3 is 0 Å². The van der Waals surface area contributed by atoms with Crippen LogP contribution in [0.1, 0.15) is 6.92 Å². The van der Waals surface area contributed by atoms with Crippen LogP contribution in [0, 0.1) is 0 Å². The van der Waals surface area contributed by atoms with Crippen molar-refractivity contribution in [2.24, 2.45) is 0 Å². The predicted molar refractivity (Wildman–Crippen MR) is 119 cm³/mol. The lowest BCUT2D eigenvalue weighted by Gasteiger charge is -2.29. The molecule has 31 heavy (non-hydrogen) atoms. The lowest BCUT2D eigenvalue weighted by atomic mass is 10.2. The van der Waals surface area contributed by atoms with Crippen LogP contribution in [-0.2, 0) is 14.3 Å². The number of methoxy groups -OCH3 is 1. The smallest absolute Gasteiger partial charge is 0.260 e. The fourth-order valence-electron chi connectivity index (χ4n) is 3.24. The zero-order valence-corrected chi connectivity index (χ0v) is 18.0. The summed E-state index contributed by atoms with van der Waals surface area (Å²) >= 11 is 0. The maximum atomic E-state index is 12.5. The largest absolute Gasteiger partial charge is 0.497 e. The van der Waals surface area contributed by atoms with Gasteiger partial charge in [0.2, 0.25) is 5.91 Å². The van der Waals surface area contributed by atoms with Crippen molar-refractivity contribution < 1.29 is 23.8 Å². The van der Waals surface area contributed by atoms with E-state index in [0.29, 0.717) is 23.7 Å². The molecular formula is C23H29N3O5. The second kappa shape index (κ2) is 11.2. The molecule has 8 heteroatoms. The Morgan fingerprint density at radius 1 is 1.03 bits per heavy atom. The molecule has 1 heterocycles. The number of benzene rings is 2. The molecule has 0 aromatic heterocycles. The first-order valence-corrected chi connectivity index (χ1v) is 10.4.